The van der Waals surface area contributed by atoms with Gasteiger partial charge in [-0.1, -0.05) is 26.1 Å². The molecule has 17 heavy (non-hydrogen) atoms. The van der Waals surface area contributed by atoms with Crippen LogP contribution in [0.2, 0.25) is 0 Å². The van der Waals surface area contributed by atoms with Crippen LogP contribution in [0.15, 0.2) is 12.3 Å². The largest absolute Gasteiger partial charge is 0.359 e. The maximum atomic E-state index is 11.6. The van der Waals surface area contributed by atoms with Gasteiger partial charge in [0.25, 0.3) is 0 Å². The molecule has 1 aromatic heterocycles. The summed E-state index contributed by atoms with van der Waals surface area (Å²) in [6, 6.07) is 1.82. The third kappa shape index (κ3) is 3.05. The minimum Gasteiger partial charge on any atom is -0.336 e. The lowest BCUT2D eigenvalue weighted by molar-refractivity contribution is 0.386. The quantitative estimate of drug-likeness (QED) is 0.657. The minimum absolute atomic E-state index is 0.00120. The second kappa shape index (κ2) is 5.02. The van der Waals surface area contributed by atoms with Crippen LogP contribution in [-0.4, -0.2) is 14.4 Å². The molecule has 0 aliphatic rings. The molecule has 0 saturated carbocycles. The average molecular weight is 275 g/mol. The van der Waals surface area contributed by atoms with Gasteiger partial charge in [-0.2, -0.15) is 0 Å². The number of aromatic nitrogens is 1. The summed E-state index contributed by atoms with van der Waals surface area (Å²) in [4.78, 5) is 18.9. The fourth-order valence-corrected chi connectivity index (χ4v) is 3.50. The first kappa shape index (κ1) is 14.6. The molecule has 0 radical (unpaired) electrons. The van der Waals surface area contributed by atoms with Gasteiger partial charge in [-0.05, 0) is 31.4 Å². The average Bonchev–Trinajstić information content (AvgIpc) is 2.14. The van der Waals surface area contributed by atoms with Crippen LogP contribution in [0.4, 0.5) is 0 Å². The van der Waals surface area contributed by atoms with Crippen LogP contribution in [-0.2, 0) is 4.57 Å². The molecule has 0 amide bonds. The molecule has 0 aromatic carbocycles. The Balaban J connectivity index is 3.67. The van der Waals surface area contributed by atoms with Crippen molar-refractivity contribution in [3.63, 3.8) is 0 Å². The molecule has 0 spiro atoms. The highest BCUT2D eigenvalue weighted by atomic mass is 32.1. The maximum Gasteiger partial charge on any atom is 0.359 e. The molecule has 0 aliphatic carbocycles. The summed E-state index contributed by atoms with van der Waals surface area (Å²) < 4.78 is 13.5. The zero-order chi connectivity index (χ0) is 13.4. The molecule has 6 heteroatoms. The lowest BCUT2D eigenvalue weighted by Crippen LogP contribution is -2.20. The molecule has 0 bridgehead atoms. The summed E-state index contributed by atoms with van der Waals surface area (Å²) in [5.74, 6) is 0.0288. The summed E-state index contributed by atoms with van der Waals surface area (Å²) in [6.45, 7) is 7.63. The smallest absolute Gasteiger partial charge is 0.336 e. The van der Waals surface area contributed by atoms with Gasteiger partial charge in [-0.25, -0.2) is 0 Å². The standard InChI is InChI=1S/C11H18NO3PS/c1-7(2)9-5-6-12(8(3)4)11(17)10(9)16(13,14)15/h5-8H,1-4H3,(H2,13,14,15). The highest BCUT2D eigenvalue weighted by molar-refractivity contribution is 7.72. The van der Waals surface area contributed by atoms with Gasteiger partial charge in [0.1, 0.15) is 9.95 Å². The lowest BCUT2D eigenvalue weighted by Gasteiger charge is -2.19. The molecule has 1 heterocycles. The Hall–Kier alpha value is -0.480. The third-order valence-electron chi connectivity index (χ3n) is 2.59. The Bertz CT molecular complexity index is 516. The normalized spacial score (nSPS) is 12.5. The topological polar surface area (TPSA) is 62.5 Å². The molecule has 4 nitrogen and oxygen atoms in total. The lowest BCUT2D eigenvalue weighted by atomic mass is 10.1. The number of hydrogen-bond acceptors (Lipinski definition) is 2. The second-order valence-electron chi connectivity index (χ2n) is 4.62. The predicted molar refractivity (Wildman–Crippen MR) is 71.4 cm³/mol. The molecule has 0 atom stereocenters. The van der Waals surface area contributed by atoms with E-state index in [1.165, 1.54) is 0 Å². The first-order valence-electron chi connectivity index (χ1n) is 5.47. The fourth-order valence-electron chi connectivity index (χ4n) is 1.72. The highest BCUT2D eigenvalue weighted by Gasteiger charge is 2.26. The van der Waals surface area contributed by atoms with Crippen LogP contribution >= 0.6 is 19.8 Å². The Kier molecular flexibility index (Phi) is 4.31. The molecule has 1 rings (SSSR count). The van der Waals surface area contributed by atoms with Gasteiger partial charge in [0.15, 0.2) is 0 Å². The Morgan fingerprint density at radius 3 is 2.18 bits per heavy atom. The number of rotatable bonds is 3. The summed E-state index contributed by atoms with van der Waals surface area (Å²) in [5.41, 5.74) is 0.625. The van der Waals surface area contributed by atoms with Crippen molar-refractivity contribution < 1.29 is 14.4 Å². The molecule has 0 unspecified atom stereocenters. The Morgan fingerprint density at radius 1 is 1.29 bits per heavy atom. The van der Waals surface area contributed by atoms with Crippen molar-refractivity contribution in [1.29, 1.82) is 0 Å². The molecular formula is C11H18NO3PS. The van der Waals surface area contributed by atoms with Crippen LogP contribution < -0.4 is 5.30 Å². The summed E-state index contributed by atoms with van der Waals surface area (Å²) in [7, 11) is -4.34. The van der Waals surface area contributed by atoms with Crippen molar-refractivity contribution in [2.75, 3.05) is 0 Å². The van der Waals surface area contributed by atoms with Crippen LogP contribution in [0.5, 0.6) is 0 Å². The van der Waals surface area contributed by atoms with E-state index in [1.54, 1.807) is 16.8 Å². The first-order valence-corrected chi connectivity index (χ1v) is 7.49. The van der Waals surface area contributed by atoms with Crippen molar-refractivity contribution >= 4 is 25.1 Å². The Morgan fingerprint density at radius 2 is 1.82 bits per heavy atom. The van der Waals surface area contributed by atoms with Gasteiger partial charge < -0.3 is 14.4 Å². The van der Waals surface area contributed by atoms with Gasteiger partial charge >= 0.3 is 7.60 Å². The van der Waals surface area contributed by atoms with E-state index in [1.807, 2.05) is 27.7 Å². The monoisotopic (exact) mass is 275 g/mol. The molecule has 1 aromatic rings. The SMILES string of the molecule is CC(C)c1ccn(C(C)C)c(=S)c1P(=O)(O)O. The van der Waals surface area contributed by atoms with E-state index in [2.05, 4.69) is 0 Å². The zero-order valence-corrected chi connectivity index (χ0v) is 12.1. The molecule has 96 valence electrons. The number of pyridine rings is 1. The van der Waals surface area contributed by atoms with Crippen LogP contribution in [0.25, 0.3) is 0 Å². The van der Waals surface area contributed by atoms with E-state index in [0.29, 0.717) is 5.56 Å². The van der Waals surface area contributed by atoms with Crippen molar-refractivity contribution in [3.05, 3.63) is 22.5 Å². The zero-order valence-electron chi connectivity index (χ0n) is 10.4. The second-order valence-corrected chi connectivity index (χ2v) is 6.55. The molecule has 0 fully saturated rings. The van der Waals surface area contributed by atoms with Crippen molar-refractivity contribution in [2.45, 2.75) is 39.7 Å². The van der Waals surface area contributed by atoms with Gasteiger partial charge in [-0.15, -0.1) is 0 Å². The highest BCUT2D eigenvalue weighted by Crippen LogP contribution is 2.37. The molecule has 0 aliphatic heterocycles. The van der Waals surface area contributed by atoms with E-state index in [4.69, 9.17) is 12.2 Å². The van der Waals surface area contributed by atoms with Gasteiger partial charge in [0.2, 0.25) is 0 Å². The first-order chi connectivity index (χ1) is 7.66. The minimum atomic E-state index is -4.34. The Labute approximate surface area is 106 Å². The molecule has 0 saturated heterocycles. The van der Waals surface area contributed by atoms with Crippen LogP contribution in [0.3, 0.4) is 0 Å². The summed E-state index contributed by atoms with van der Waals surface area (Å²) in [6.07, 6.45) is 1.79. The van der Waals surface area contributed by atoms with Gasteiger partial charge in [-0.3, -0.25) is 4.57 Å². The predicted octanol–water partition coefficient (Wildman–Crippen LogP) is 2.72. The van der Waals surface area contributed by atoms with Crippen molar-refractivity contribution in [2.24, 2.45) is 0 Å². The van der Waals surface area contributed by atoms with Crippen LogP contribution in [0.1, 0.15) is 45.2 Å². The van der Waals surface area contributed by atoms with Gasteiger partial charge in [0.05, 0.1) is 0 Å². The molecular weight excluding hydrogens is 257 g/mol. The van der Waals surface area contributed by atoms with Crippen molar-refractivity contribution in [1.82, 2.24) is 4.57 Å². The van der Waals surface area contributed by atoms with E-state index < -0.39 is 7.60 Å². The third-order valence-corrected chi connectivity index (χ3v) is 4.21. The van der Waals surface area contributed by atoms with E-state index in [-0.39, 0.29) is 21.9 Å². The van der Waals surface area contributed by atoms with Crippen molar-refractivity contribution in [3.8, 4) is 0 Å². The van der Waals surface area contributed by atoms with Crippen LogP contribution in [0, 0.1) is 4.64 Å². The van der Waals surface area contributed by atoms with E-state index in [0.717, 1.165) is 0 Å². The number of nitrogens with zero attached hydrogens (tertiary/aromatic N) is 1. The van der Waals surface area contributed by atoms with Gasteiger partial charge in [0, 0.05) is 12.2 Å². The summed E-state index contributed by atoms with van der Waals surface area (Å²) >= 11 is 5.19. The molecule has 2 N–H and O–H groups in total. The van der Waals surface area contributed by atoms with E-state index in [9.17, 15) is 14.4 Å². The summed E-state index contributed by atoms with van der Waals surface area (Å²) in [5, 5.41) is -0.00120. The fraction of sp³-hybridized carbons (Fsp3) is 0.545. The number of hydrogen-bond donors (Lipinski definition) is 2. The maximum absolute atomic E-state index is 11.6. The van der Waals surface area contributed by atoms with E-state index >= 15 is 0 Å².